The molecule has 0 aliphatic rings. The summed E-state index contributed by atoms with van der Waals surface area (Å²) in [6.07, 6.45) is 1.48. The molecule has 1 aromatic carbocycles. The number of benzene rings is 1. The van der Waals surface area contributed by atoms with E-state index in [2.05, 4.69) is 14.8 Å². The Bertz CT molecular complexity index is 539. The van der Waals surface area contributed by atoms with Crippen molar-refractivity contribution in [2.45, 2.75) is 6.54 Å². The van der Waals surface area contributed by atoms with Crippen LogP contribution in [-0.2, 0) is 16.1 Å². The minimum Gasteiger partial charge on any atom is -0.468 e. The number of carbonyl (C=O) groups is 1. The standard InChI is InChI=1S/C11H10ClN3O2/c1-17-10(16)6-15-7-13-11(14-15)8-3-2-4-9(12)5-8/h2-5,7H,6H2,1H3. The first-order chi connectivity index (χ1) is 8.19. The molecule has 17 heavy (non-hydrogen) atoms. The molecule has 2 rings (SSSR count). The van der Waals surface area contributed by atoms with Gasteiger partial charge in [0, 0.05) is 10.6 Å². The monoisotopic (exact) mass is 251 g/mol. The maximum Gasteiger partial charge on any atom is 0.327 e. The summed E-state index contributed by atoms with van der Waals surface area (Å²) in [5.74, 6) is 0.156. The molecule has 0 saturated heterocycles. The number of esters is 1. The average molecular weight is 252 g/mol. The summed E-state index contributed by atoms with van der Waals surface area (Å²) in [6.45, 7) is 0.0457. The van der Waals surface area contributed by atoms with Gasteiger partial charge in [0.1, 0.15) is 12.9 Å². The van der Waals surface area contributed by atoms with Crippen molar-refractivity contribution in [3.8, 4) is 11.4 Å². The Hall–Kier alpha value is -1.88. The van der Waals surface area contributed by atoms with E-state index in [-0.39, 0.29) is 12.5 Å². The van der Waals surface area contributed by atoms with Crippen molar-refractivity contribution in [1.29, 1.82) is 0 Å². The highest BCUT2D eigenvalue weighted by Gasteiger charge is 2.07. The molecule has 0 atom stereocenters. The van der Waals surface area contributed by atoms with E-state index in [1.165, 1.54) is 18.1 Å². The topological polar surface area (TPSA) is 57.0 Å². The van der Waals surface area contributed by atoms with E-state index in [9.17, 15) is 4.79 Å². The average Bonchev–Trinajstić information content (AvgIpc) is 2.77. The van der Waals surface area contributed by atoms with Crippen LogP contribution >= 0.6 is 11.6 Å². The third-order valence-corrected chi connectivity index (χ3v) is 2.37. The zero-order valence-corrected chi connectivity index (χ0v) is 9.89. The minimum absolute atomic E-state index is 0.0457. The Morgan fingerprint density at radius 1 is 1.53 bits per heavy atom. The number of aromatic nitrogens is 3. The van der Waals surface area contributed by atoms with Gasteiger partial charge in [-0.1, -0.05) is 23.7 Å². The molecule has 1 heterocycles. The largest absolute Gasteiger partial charge is 0.468 e. The van der Waals surface area contributed by atoms with Gasteiger partial charge in [0.25, 0.3) is 0 Å². The summed E-state index contributed by atoms with van der Waals surface area (Å²) in [7, 11) is 1.33. The van der Waals surface area contributed by atoms with Crippen molar-refractivity contribution in [1.82, 2.24) is 14.8 Å². The summed E-state index contributed by atoms with van der Waals surface area (Å²) >= 11 is 5.87. The molecule has 2 aromatic rings. The smallest absolute Gasteiger partial charge is 0.327 e. The van der Waals surface area contributed by atoms with Crippen molar-refractivity contribution >= 4 is 17.6 Å². The van der Waals surface area contributed by atoms with Crippen molar-refractivity contribution in [3.63, 3.8) is 0 Å². The van der Waals surface area contributed by atoms with E-state index in [1.54, 1.807) is 12.1 Å². The van der Waals surface area contributed by atoms with Crippen LogP contribution in [0.15, 0.2) is 30.6 Å². The van der Waals surface area contributed by atoms with Crippen molar-refractivity contribution in [2.24, 2.45) is 0 Å². The Morgan fingerprint density at radius 2 is 2.35 bits per heavy atom. The number of rotatable bonds is 3. The molecule has 0 saturated carbocycles. The van der Waals surface area contributed by atoms with E-state index in [4.69, 9.17) is 11.6 Å². The first kappa shape index (κ1) is 11.6. The Labute approximate surface area is 103 Å². The molecule has 0 unspecified atom stereocenters. The minimum atomic E-state index is -0.368. The van der Waals surface area contributed by atoms with Crippen molar-refractivity contribution in [2.75, 3.05) is 7.11 Å². The third kappa shape index (κ3) is 2.82. The van der Waals surface area contributed by atoms with Crippen LogP contribution < -0.4 is 0 Å². The van der Waals surface area contributed by atoms with Gasteiger partial charge in [0.05, 0.1) is 7.11 Å². The number of ether oxygens (including phenoxy) is 1. The fraction of sp³-hybridized carbons (Fsp3) is 0.182. The second kappa shape index (κ2) is 4.97. The molecule has 0 N–H and O–H groups in total. The Kier molecular flexibility index (Phi) is 3.39. The van der Waals surface area contributed by atoms with Gasteiger partial charge in [-0.15, -0.1) is 0 Å². The van der Waals surface area contributed by atoms with Crippen LogP contribution in [0.25, 0.3) is 11.4 Å². The highest BCUT2D eigenvalue weighted by Crippen LogP contribution is 2.18. The Balaban J connectivity index is 2.21. The van der Waals surface area contributed by atoms with Crippen LogP contribution in [0.5, 0.6) is 0 Å². The summed E-state index contributed by atoms with van der Waals surface area (Å²) in [5.41, 5.74) is 0.807. The number of halogens is 1. The van der Waals surface area contributed by atoms with Gasteiger partial charge in [-0.25, -0.2) is 9.67 Å². The lowest BCUT2D eigenvalue weighted by Gasteiger charge is -1.98. The number of methoxy groups -OCH3 is 1. The first-order valence-electron chi connectivity index (χ1n) is 4.91. The van der Waals surface area contributed by atoms with Crippen LogP contribution in [0, 0.1) is 0 Å². The van der Waals surface area contributed by atoms with Gasteiger partial charge in [-0.2, -0.15) is 5.10 Å². The van der Waals surface area contributed by atoms with E-state index >= 15 is 0 Å². The zero-order chi connectivity index (χ0) is 12.3. The molecule has 1 aromatic heterocycles. The van der Waals surface area contributed by atoms with Gasteiger partial charge in [0.2, 0.25) is 0 Å². The van der Waals surface area contributed by atoms with Gasteiger partial charge in [-0.3, -0.25) is 4.79 Å². The van der Waals surface area contributed by atoms with Crippen molar-refractivity contribution < 1.29 is 9.53 Å². The molecule has 0 aliphatic carbocycles. The van der Waals surface area contributed by atoms with Crippen molar-refractivity contribution in [3.05, 3.63) is 35.6 Å². The molecule has 0 radical (unpaired) electrons. The van der Waals surface area contributed by atoms with Gasteiger partial charge < -0.3 is 4.74 Å². The first-order valence-corrected chi connectivity index (χ1v) is 5.29. The molecule has 0 spiro atoms. The zero-order valence-electron chi connectivity index (χ0n) is 9.13. The van der Waals surface area contributed by atoms with Gasteiger partial charge >= 0.3 is 5.97 Å². The summed E-state index contributed by atoms with van der Waals surface area (Å²) in [6, 6.07) is 7.21. The van der Waals surface area contributed by atoms with Crippen LogP contribution in [-0.4, -0.2) is 27.8 Å². The molecule has 0 aliphatic heterocycles. The molecule has 0 fully saturated rings. The Morgan fingerprint density at radius 3 is 3.06 bits per heavy atom. The van der Waals surface area contributed by atoms with Crippen LogP contribution in [0.4, 0.5) is 0 Å². The number of carbonyl (C=O) groups excluding carboxylic acids is 1. The number of hydrogen-bond acceptors (Lipinski definition) is 4. The predicted molar refractivity (Wildman–Crippen MR) is 62.5 cm³/mol. The van der Waals surface area contributed by atoms with Crippen LogP contribution in [0.3, 0.4) is 0 Å². The second-order valence-electron chi connectivity index (χ2n) is 3.35. The SMILES string of the molecule is COC(=O)Cn1cnc(-c2cccc(Cl)c2)n1. The molecule has 0 bridgehead atoms. The van der Waals surface area contributed by atoms with E-state index in [0.29, 0.717) is 10.8 Å². The molecule has 6 heteroatoms. The van der Waals surface area contributed by atoms with Gasteiger partial charge in [-0.05, 0) is 12.1 Å². The number of nitrogens with zero attached hydrogens (tertiary/aromatic N) is 3. The second-order valence-corrected chi connectivity index (χ2v) is 3.79. The maximum absolute atomic E-state index is 11.0. The van der Waals surface area contributed by atoms with Crippen LogP contribution in [0.2, 0.25) is 5.02 Å². The highest BCUT2D eigenvalue weighted by molar-refractivity contribution is 6.30. The summed E-state index contributed by atoms with van der Waals surface area (Å²) < 4.78 is 5.96. The predicted octanol–water partition coefficient (Wildman–Crippen LogP) is 1.77. The third-order valence-electron chi connectivity index (χ3n) is 2.14. The van der Waals surface area contributed by atoms with E-state index in [1.807, 2.05) is 12.1 Å². The molecular weight excluding hydrogens is 242 g/mol. The molecule has 88 valence electrons. The lowest BCUT2D eigenvalue weighted by atomic mass is 10.2. The molecular formula is C11H10ClN3O2. The van der Waals surface area contributed by atoms with Gasteiger partial charge in [0.15, 0.2) is 5.82 Å². The lowest BCUT2D eigenvalue weighted by molar-refractivity contribution is -0.141. The number of hydrogen-bond donors (Lipinski definition) is 0. The molecule has 0 amide bonds. The lowest BCUT2D eigenvalue weighted by Crippen LogP contribution is -2.11. The summed E-state index contributed by atoms with van der Waals surface area (Å²) in [4.78, 5) is 15.1. The summed E-state index contributed by atoms with van der Waals surface area (Å²) in [5, 5.41) is 4.77. The van der Waals surface area contributed by atoms with E-state index < -0.39 is 0 Å². The van der Waals surface area contributed by atoms with E-state index in [0.717, 1.165) is 5.56 Å². The fourth-order valence-corrected chi connectivity index (χ4v) is 1.52. The van der Waals surface area contributed by atoms with Crippen LogP contribution in [0.1, 0.15) is 0 Å². The quantitative estimate of drug-likeness (QED) is 0.780. The highest BCUT2D eigenvalue weighted by atomic mass is 35.5. The maximum atomic E-state index is 11.0. The normalized spacial score (nSPS) is 10.2. The molecule has 5 nitrogen and oxygen atoms in total. The fourth-order valence-electron chi connectivity index (χ4n) is 1.33.